The standard InChI is InChI=1S/C24H26N2O3/c1-17-10-11-23(13-18(17)2)29-16-24(27)26-19(3)20-7-6-9-22(14-20)28-15-21-8-4-5-12-25-21/h4-14,19H,15-16H2,1-3H3,(H,26,27). The van der Waals surface area contributed by atoms with Crippen molar-refractivity contribution in [3.05, 3.63) is 89.2 Å². The van der Waals surface area contributed by atoms with Gasteiger partial charge in [0.1, 0.15) is 18.1 Å². The van der Waals surface area contributed by atoms with Gasteiger partial charge in [0, 0.05) is 6.20 Å². The Balaban J connectivity index is 1.52. The van der Waals surface area contributed by atoms with Gasteiger partial charge in [-0.1, -0.05) is 24.3 Å². The number of ether oxygens (including phenoxy) is 2. The van der Waals surface area contributed by atoms with E-state index in [4.69, 9.17) is 9.47 Å². The van der Waals surface area contributed by atoms with E-state index < -0.39 is 0 Å². The van der Waals surface area contributed by atoms with E-state index >= 15 is 0 Å². The van der Waals surface area contributed by atoms with Crippen LogP contribution in [0.2, 0.25) is 0 Å². The zero-order valence-electron chi connectivity index (χ0n) is 17.0. The van der Waals surface area contributed by atoms with Crippen molar-refractivity contribution in [3.8, 4) is 11.5 Å². The van der Waals surface area contributed by atoms with Crippen LogP contribution >= 0.6 is 0 Å². The molecule has 5 heteroatoms. The minimum absolute atomic E-state index is 0.0251. The molecule has 0 aliphatic carbocycles. The number of pyridine rings is 1. The van der Waals surface area contributed by atoms with Gasteiger partial charge >= 0.3 is 0 Å². The number of nitrogens with zero attached hydrogens (tertiary/aromatic N) is 1. The minimum Gasteiger partial charge on any atom is -0.487 e. The smallest absolute Gasteiger partial charge is 0.258 e. The SMILES string of the molecule is Cc1ccc(OCC(=O)NC(C)c2cccc(OCc3ccccn3)c2)cc1C. The van der Waals surface area contributed by atoms with Crippen LogP contribution in [-0.2, 0) is 11.4 Å². The maximum absolute atomic E-state index is 12.3. The molecule has 5 nitrogen and oxygen atoms in total. The van der Waals surface area contributed by atoms with Crippen molar-refractivity contribution in [1.82, 2.24) is 10.3 Å². The second-order valence-corrected chi connectivity index (χ2v) is 7.01. The zero-order valence-corrected chi connectivity index (χ0v) is 17.0. The van der Waals surface area contributed by atoms with E-state index in [2.05, 4.69) is 10.3 Å². The molecule has 1 heterocycles. The van der Waals surface area contributed by atoms with Gasteiger partial charge in [-0.2, -0.15) is 0 Å². The van der Waals surface area contributed by atoms with E-state index in [9.17, 15) is 4.79 Å². The highest BCUT2D eigenvalue weighted by Crippen LogP contribution is 2.20. The van der Waals surface area contributed by atoms with Crippen molar-refractivity contribution in [2.75, 3.05) is 6.61 Å². The first-order valence-corrected chi connectivity index (χ1v) is 9.63. The number of carbonyl (C=O) groups is 1. The average molecular weight is 390 g/mol. The second kappa shape index (κ2) is 9.73. The molecule has 0 saturated carbocycles. The highest BCUT2D eigenvalue weighted by atomic mass is 16.5. The third-order valence-corrected chi connectivity index (χ3v) is 4.70. The summed E-state index contributed by atoms with van der Waals surface area (Å²) < 4.78 is 11.4. The lowest BCUT2D eigenvalue weighted by atomic mass is 10.1. The van der Waals surface area contributed by atoms with Crippen molar-refractivity contribution >= 4 is 5.91 Å². The van der Waals surface area contributed by atoms with Crippen LogP contribution in [0.25, 0.3) is 0 Å². The predicted molar refractivity (Wildman–Crippen MR) is 113 cm³/mol. The molecule has 2 aromatic carbocycles. The molecule has 1 unspecified atom stereocenters. The van der Waals surface area contributed by atoms with Gasteiger partial charge in [-0.15, -0.1) is 0 Å². The number of nitrogens with one attached hydrogen (secondary N) is 1. The Kier molecular flexibility index (Phi) is 6.85. The number of rotatable bonds is 8. The quantitative estimate of drug-likeness (QED) is 0.614. The number of aromatic nitrogens is 1. The third kappa shape index (κ3) is 6.07. The Morgan fingerprint density at radius 1 is 0.966 bits per heavy atom. The normalized spacial score (nSPS) is 11.6. The van der Waals surface area contributed by atoms with Crippen molar-refractivity contribution < 1.29 is 14.3 Å². The summed E-state index contributed by atoms with van der Waals surface area (Å²) in [6.07, 6.45) is 1.74. The number of aryl methyl sites for hydroxylation is 2. The number of carbonyl (C=O) groups excluding carboxylic acids is 1. The molecule has 29 heavy (non-hydrogen) atoms. The lowest BCUT2D eigenvalue weighted by Gasteiger charge is -2.16. The van der Waals surface area contributed by atoms with E-state index in [0.29, 0.717) is 12.4 Å². The molecule has 1 aromatic heterocycles. The van der Waals surface area contributed by atoms with Gasteiger partial charge in [0.2, 0.25) is 0 Å². The van der Waals surface area contributed by atoms with Crippen molar-refractivity contribution in [2.45, 2.75) is 33.4 Å². The van der Waals surface area contributed by atoms with E-state index in [1.54, 1.807) is 6.20 Å². The molecule has 0 fully saturated rings. The molecule has 0 saturated heterocycles. The van der Waals surface area contributed by atoms with Gasteiger partial charge in [0.05, 0.1) is 11.7 Å². The first kappa shape index (κ1) is 20.4. The van der Waals surface area contributed by atoms with Gasteiger partial charge in [-0.3, -0.25) is 9.78 Å². The fraction of sp³-hybridized carbons (Fsp3) is 0.250. The topological polar surface area (TPSA) is 60.5 Å². The minimum atomic E-state index is -0.171. The van der Waals surface area contributed by atoms with E-state index in [0.717, 1.165) is 22.6 Å². The zero-order chi connectivity index (χ0) is 20.6. The Bertz CT molecular complexity index is 957. The molecule has 0 aliphatic rings. The number of hydrogen-bond donors (Lipinski definition) is 1. The summed E-state index contributed by atoms with van der Waals surface area (Å²) in [4.78, 5) is 16.5. The molecule has 3 rings (SSSR count). The molecule has 0 spiro atoms. The second-order valence-electron chi connectivity index (χ2n) is 7.01. The predicted octanol–water partition coefficient (Wildman–Crippen LogP) is 4.53. The van der Waals surface area contributed by atoms with E-state index in [1.165, 1.54) is 5.56 Å². The van der Waals surface area contributed by atoms with E-state index in [1.807, 2.05) is 81.4 Å². The van der Waals surface area contributed by atoms with Crippen LogP contribution in [0.3, 0.4) is 0 Å². The molecule has 1 atom stereocenters. The molecular formula is C24H26N2O3. The van der Waals surface area contributed by atoms with Crippen LogP contribution in [0.4, 0.5) is 0 Å². The first-order valence-electron chi connectivity index (χ1n) is 9.63. The van der Waals surface area contributed by atoms with Gasteiger partial charge in [-0.25, -0.2) is 0 Å². The van der Waals surface area contributed by atoms with Crippen LogP contribution in [0, 0.1) is 13.8 Å². The fourth-order valence-corrected chi connectivity index (χ4v) is 2.83. The van der Waals surface area contributed by atoms with Crippen molar-refractivity contribution in [2.24, 2.45) is 0 Å². The number of benzene rings is 2. The summed E-state index contributed by atoms with van der Waals surface area (Å²) in [7, 11) is 0. The lowest BCUT2D eigenvalue weighted by molar-refractivity contribution is -0.123. The lowest BCUT2D eigenvalue weighted by Crippen LogP contribution is -2.31. The van der Waals surface area contributed by atoms with Crippen molar-refractivity contribution in [3.63, 3.8) is 0 Å². The average Bonchev–Trinajstić information content (AvgIpc) is 2.74. The van der Waals surface area contributed by atoms with E-state index in [-0.39, 0.29) is 18.6 Å². The molecule has 1 amide bonds. The van der Waals surface area contributed by atoms with Crippen LogP contribution < -0.4 is 14.8 Å². The largest absolute Gasteiger partial charge is 0.487 e. The maximum atomic E-state index is 12.3. The maximum Gasteiger partial charge on any atom is 0.258 e. The highest BCUT2D eigenvalue weighted by molar-refractivity contribution is 5.78. The summed E-state index contributed by atoms with van der Waals surface area (Å²) in [5, 5.41) is 2.96. The Morgan fingerprint density at radius 2 is 1.79 bits per heavy atom. The summed E-state index contributed by atoms with van der Waals surface area (Å²) in [5.74, 6) is 1.26. The Hall–Kier alpha value is -3.34. The summed E-state index contributed by atoms with van der Waals surface area (Å²) in [6, 6.07) is 19.1. The highest BCUT2D eigenvalue weighted by Gasteiger charge is 2.11. The first-order chi connectivity index (χ1) is 14.0. The summed E-state index contributed by atoms with van der Waals surface area (Å²) >= 11 is 0. The molecule has 1 N–H and O–H groups in total. The Labute approximate surface area is 171 Å². The van der Waals surface area contributed by atoms with Crippen LogP contribution in [0.15, 0.2) is 66.9 Å². The van der Waals surface area contributed by atoms with Gasteiger partial charge in [0.25, 0.3) is 5.91 Å². The van der Waals surface area contributed by atoms with Gasteiger partial charge in [-0.05, 0) is 73.9 Å². The molecule has 0 aliphatic heterocycles. The molecule has 0 radical (unpaired) electrons. The fourth-order valence-electron chi connectivity index (χ4n) is 2.83. The van der Waals surface area contributed by atoms with Crippen LogP contribution in [-0.4, -0.2) is 17.5 Å². The van der Waals surface area contributed by atoms with Gasteiger partial charge < -0.3 is 14.8 Å². The van der Waals surface area contributed by atoms with Crippen LogP contribution in [0.5, 0.6) is 11.5 Å². The Morgan fingerprint density at radius 3 is 2.55 bits per heavy atom. The molecular weight excluding hydrogens is 364 g/mol. The molecule has 0 bridgehead atoms. The van der Waals surface area contributed by atoms with Crippen molar-refractivity contribution in [1.29, 1.82) is 0 Å². The summed E-state index contributed by atoms with van der Waals surface area (Å²) in [5.41, 5.74) is 4.16. The number of amides is 1. The van der Waals surface area contributed by atoms with Crippen LogP contribution in [0.1, 0.15) is 35.3 Å². The van der Waals surface area contributed by atoms with Gasteiger partial charge in [0.15, 0.2) is 6.61 Å². The monoisotopic (exact) mass is 390 g/mol. The number of hydrogen-bond acceptors (Lipinski definition) is 4. The molecule has 3 aromatic rings. The molecule has 150 valence electrons. The summed E-state index contributed by atoms with van der Waals surface area (Å²) in [6.45, 7) is 6.37. The third-order valence-electron chi connectivity index (χ3n) is 4.70.